The highest BCUT2D eigenvalue weighted by atomic mass is 35.5. The molecule has 0 spiro atoms. The maximum absolute atomic E-state index is 11.8. The van der Waals surface area contributed by atoms with Crippen LogP contribution in [-0.4, -0.2) is 10.7 Å². The third-order valence-corrected chi connectivity index (χ3v) is 3.49. The molecule has 1 heterocycles. The van der Waals surface area contributed by atoms with Crippen molar-refractivity contribution in [1.29, 1.82) is 0 Å². The van der Waals surface area contributed by atoms with Crippen LogP contribution in [0.1, 0.15) is 15.9 Å². The highest BCUT2D eigenvalue weighted by molar-refractivity contribution is 7.13. The zero-order chi connectivity index (χ0) is 13.8. The van der Waals surface area contributed by atoms with Gasteiger partial charge in [0.25, 0.3) is 0 Å². The smallest absolute Gasteiger partial charge is 0.289 e. The van der Waals surface area contributed by atoms with Crippen LogP contribution in [0.25, 0.3) is 6.08 Å². The first-order valence-electron chi connectivity index (χ1n) is 5.27. The van der Waals surface area contributed by atoms with Crippen molar-refractivity contribution in [2.45, 2.75) is 0 Å². The summed E-state index contributed by atoms with van der Waals surface area (Å²) >= 11 is 6.76. The Hall–Kier alpha value is -1.98. The molecule has 2 aromatic rings. The van der Waals surface area contributed by atoms with Crippen molar-refractivity contribution in [2.24, 2.45) is 0 Å². The van der Waals surface area contributed by atoms with Gasteiger partial charge in [-0.2, -0.15) is 0 Å². The average Bonchev–Trinajstić information content (AvgIpc) is 2.86. The Morgan fingerprint density at radius 2 is 2.00 bits per heavy atom. The summed E-state index contributed by atoms with van der Waals surface area (Å²) in [6.07, 6.45) is 2.94. The number of nitrogens with zero attached hydrogens (tertiary/aromatic N) is 1. The fraction of sp³-hybridized carbons (Fsp3) is 0. The van der Waals surface area contributed by atoms with Crippen LogP contribution in [0.2, 0.25) is 5.02 Å². The number of thiophene rings is 1. The van der Waals surface area contributed by atoms with E-state index in [-0.39, 0.29) is 10.8 Å². The summed E-state index contributed by atoms with van der Waals surface area (Å²) in [5.41, 5.74) is 1.16. The summed E-state index contributed by atoms with van der Waals surface area (Å²) in [5, 5.41) is 12.8. The number of carbonyl (C=O) groups excluding carboxylic acids is 1. The Labute approximate surface area is 118 Å². The molecule has 0 saturated heterocycles. The first-order valence-corrected chi connectivity index (χ1v) is 6.53. The first kappa shape index (κ1) is 13.5. The van der Waals surface area contributed by atoms with Crippen molar-refractivity contribution < 1.29 is 9.72 Å². The zero-order valence-corrected chi connectivity index (χ0v) is 11.1. The third-order valence-electron chi connectivity index (χ3n) is 2.34. The first-order chi connectivity index (χ1) is 9.06. The number of benzene rings is 1. The van der Waals surface area contributed by atoms with Crippen LogP contribution >= 0.6 is 22.9 Å². The van der Waals surface area contributed by atoms with Gasteiger partial charge >= 0.3 is 5.00 Å². The summed E-state index contributed by atoms with van der Waals surface area (Å²) in [4.78, 5) is 21.9. The van der Waals surface area contributed by atoms with Crippen LogP contribution in [-0.2, 0) is 0 Å². The summed E-state index contributed by atoms with van der Waals surface area (Å²) in [5.74, 6) is -0.175. The van der Waals surface area contributed by atoms with Gasteiger partial charge in [0.15, 0.2) is 5.78 Å². The predicted octanol–water partition coefficient (Wildman–Crippen LogP) is 4.21. The fourth-order valence-electron chi connectivity index (χ4n) is 1.40. The molecule has 0 saturated carbocycles. The van der Waals surface area contributed by atoms with Crippen LogP contribution in [0.3, 0.4) is 0 Å². The molecule has 0 unspecified atom stereocenters. The standard InChI is InChI=1S/C13H8ClNO3S/c14-11-4-2-10(3-5-11)12(16)6-1-9-7-13(15(17)18)19-8-9/h1-8H/b6-1+. The molecule has 96 valence electrons. The monoisotopic (exact) mass is 293 g/mol. The number of nitro groups is 1. The van der Waals surface area contributed by atoms with Gasteiger partial charge in [-0.25, -0.2) is 0 Å². The molecule has 4 nitrogen and oxygen atoms in total. The minimum Gasteiger partial charge on any atom is -0.289 e. The van der Waals surface area contributed by atoms with E-state index in [1.54, 1.807) is 35.7 Å². The van der Waals surface area contributed by atoms with Gasteiger partial charge in [0.2, 0.25) is 0 Å². The van der Waals surface area contributed by atoms with E-state index in [1.807, 2.05) is 0 Å². The Kier molecular flexibility index (Phi) is 4.09. The molecule has 0 amide bonds. The van der Waals surface area contributed by atoms with Gasteiger partial charge in [-0.15, -0.1) is 0 Å². The summed E-state index contributed by atoms with van der Waals surface area (Å²) in [6.45, 7) is 0. The summed E-state index contributed by atoms with van der Waals surface area (Å²) < 4.78 is 0. The molecule has 2 rings (SSSR count). The van der Waals surface area contributed by atoms with Gasteiger partial charge in [-0.3, -0.25) is 14.9 Å². The number of allylic oxidation sites excluding steroid dienone is 1. The lowest BCUT2D eigenvalue weighted by molar-refractivity contribution is -0.380. The van der Waals surface area contributed by atoms with Crippen LogP contribution in [0, 0.1) is 10.1 Å². The van der Waals surface area contributed by atoms with Crippen molar-refractivity contribution >= 4 is 39.8 Å². The number of rotatable bonds is 4. The van der Waals surface area contributed by atoms with E-state index in [9.17, 15) is 14.9 Å². The molecule has 0 bridgehead atoms. The maximum atomic E-state index is 11.8. The van der Waals surface area contributed by atoms with E-state index in [4.69, 9.17) is 11.6 Å². The maximum Gasteiger partial charge on any atom is 0.324 e. The number of halogens is 1. The topological polar surface area (TPSA) is 60.2 Å². The number of ketones is 1. The van der Waals surface area contributed by atoms with Gasteiger partial charge in [-0.05, 0) is 42.0 Å². The lowest BCUT2D eigenvalue weighted by atomic mass is 10.1. The molecule has 1 aromatic carbocycles. The minimum atomic E-state index is -0.455. The molecular formula is C13H8ClNO3S. The molecule has 0 aliphatic rings. The van der Waals surface area contributed by atoms with E-state index < -0.39 is 4.92 Å². The molecule has 0 radical (unpaired) electrons. The van der Waals surface area contributed by atoms with Gasteiger partial charge in [-0.1, -0.05) is 22.9 Å². The van der Waals surface area contributed by atoms with Crippen molar-refractivity contribution in [1.82, 2.24) is 0 Å². The molecule has 0 aliphatic heterocycles. The Bertz CT molecular complexity index is 646. The average molecular weight is 294 g/mol. The lowest BCUT2D eigenvalue weighted by Gasteiger charge is -1.95. The minimum absolute atomic E-state index is 0.0543. The van der Waals surface area contributed by atoms with E-state index in [2.05, 4.69) is 0 Å². The SMILES string of the molecule is O=C(/C=C/c1csc([N+](=O)[O-])c1)c1ccc(Cl)cc1. The van der Waals surface area contributed by atoms with Crippen molar-refractivity contribution in [3.05, 3.63) is 68.1 Å². The van der Waals surface area contributed by atoms with E-state index >= 15 is 0 Å². The normalized spacial score (nSPS) is 10.8. The highest BCUT2D eigenvalue weighted by Crippen LogP contribution is 2.23. The number of hydrogen-bond acceptors (Lipinski definition) is 4. The second-order valence-corrected chi connectivity index (χ2v) is 5.01. The van der Waals surface area contributed by atoms with Crippen LogP contribution < -0.4 is 0 Å². The van der Waals surface area contributed by atoms with E-state index in [1.165, 1.54) is 12.1 Å². The molecule has 0 N–H and O–H groups in total. The second-order valence-electron chi connectivity index (χ2n) is 3.68. The Balaban J connectivity index is 2.11. The molecular weight excluding hydrogens is 286 g/mol. The third kappa shape index (κ3) is 3.49. The van der Waals surface area contributed by atoms with Gasteiger partial charge in [0, 0.05) is 22.0 Å². The molecule has 0 aliphatic carbocycles. The fourth-order valence-corrected chi connectivity index (χ4v) is 2.22. The van der Waals surface area contributed by atoms with E-state index in [0.717, 1.165) is 11.3 Å². The largest absolute Gasteiger partial charge is 0.324 e. The zero-order valence-electron chi connectivity index (χ0n) is 9.58. The van der Waals surface area contributed by atoms with Crippen molar-refractivity contribution in [2.75, 3.05) is 0 Å². The van der Waals surface area contributed by atoms with Gasteiger partial charge in [0.1, 0.15) is 0 Å². The Morgan fingerprint density at radius 1 is 1.32 bits per heavy atom. The summed E-state index contributed by atoms with van der Waals surface area (Å²) in [6, 6.07) is 7.96. The molecule has 19 heavy (non-hydrogen) atoms. The quantitative estimate of drug-likeness (QED) is 0.367. The predicted molar refractivity (Wildman–Crippen MR) is 75.8 cm³/mol. The highest BCUT2D eigenvalue weighted by Gasteiger charge is 2.08. The van der Waals surface area contributed by atoms with Crippen molar-refractivity contribution in [3.63, 3.8) is 0 Å². The number of carbonyl (C=O) groups is 1. The lowest BCUT2D eigenvalue weighted by Crippen LogP contribution is -1.92. The van der Waals surface area contributed by atoms with E-state index in [0.29, 0.717) is 16.1 Å². The molecule has 0 atom stereocenters. The molecule has 0 fully saturated rings. The van der Waals surface area contributed by atoms with Crippen LogP contribution in [0.4, 0.5) is 5.00 Å². The Morgan fingerprint density at radius 3 is 2.58 bits per heavy atom. The molecule has 1 aromatic heterocycles. The summed E-state index contributed by atoms with van der Waals surface area (Å²) in [7, 11) is 0. The van der Waals surface area contributed by atoms with Gasteiger partial charge in [0.05, 0.1) is 4.92 Å². The van der Waals surface area contributed by atoms with Crippen LogP contribution in [0.5, 0.6) is 0 Å². The van der Waals surface area contributed by atoms with Gasteiger partial charge < -0.3 is 0 Å². The van der Waals surface area contributed by atoms with Crippen molar-refractivity contribution in [3.8, 4) is 0 Å². The van der Waals surface area contributed by atoms with Crippen LogP contribution in [0.15, 0.2) is 41.8 Å². The molecule has 6 heteroatoms. The number of hydrogen-bond donors (Lipinski definition) is 0. The second kappa shape index (κ2) is 5.77.